The van der Waals surface area contributed by atoms with E-state index in [1.165, 1.54) is 55.6 Å². The zero-order valence-electron chi connectivity index (χ0n) is 32.9. The van der Waals surface area contributed by atoms with Crippen LogP contribution in [0.1, 0.15) is 23.5 Å². The molecule has 0 bridgehead atoms. The lowest BCUT2D eigenvalue weighted by molar-refractivity contribution is 0.868. The number of benzene rings is 6. The first kappa shape index (κ1) is 36.5. The zero-order chi connectivity index (χ0) is 40.1. The number of hydrogen-bond acceptors (Lipinski definition) is 4. The molecule has 3 heterocycles. The van der Waals surface area contributed by atoms with Gasteiger partial charge in [0.2, 0.25) is 0 Å². The van der Waals surface area contributed by atoms with Crippen molar-refractivity contribution in [3.63, 3.8) is 0 Å². The zero-order valence-corrected chi connectivity index (χ0v) is 32.9. The second-order valence-corrected chi connectivity index (χ2v) is 15.2. The number of pyridine rings is 2. The first-order valence-electron chi connectivity index (χ1n) is 20.3. The average Bonchev–Trinajstić information content (AvgIpc) is 3.35. The minimum Gasteiger partial charge on any atom is -0.265 e. The molecule has 1 unspecified atom stereocenters. The number of rotatable bonds is 9. The fourth-order valence-corrected chi connectivity index (χ4v) is 8.26. The van der Waals surface area contributed by atoms with Gasteiger partial charge in [0.05, 0.1) is 0 Å². The summed E-state index contributed by atoms with van der Waals surface area (Å²) >= 11 is 0. The van der Waals surface area contributed by atoms with Crippen LogP contribution in [0.3, 0.4) is 0 Å². The minimum atomic E-state index is 0.236. The maximum Gasteiger partial charge on any atom is 0.115 e. The van der Waals surface area contributed by atoms with Gasteiger partial charge in [0, 0.05) is 54.2 Å². The lowest BCUT2D eigenvalue weighted by Gasteiger charge is -2.21. The van der Waals surface area contributed by atoms with Gasteiger partial charge in [-0.05, 0) is 151 Å². The Labute approximate surface area is 351 Å². The lowest BCUT2D eigenvalue weighted by atomic mass is 9.83. The highest BCUT2D eigenvalue weighted by atomic mass is 14.8. The molecule has 4 heteroatoms. The molecular weight excluding hydrogens is 729 g/mol. The lowest BCUT2D eigenvalue weighted by Crippen LogP contribution is -2.02. The molecule has 0 fully saturated rings. The molecule has 10 rings (SSSR count). The normalized spacial score (nSPS) is 13.5. The highest BCUT2D eigenvalue weighted by Crippen LogP contribution is 2.39. The smallest absolute Gasteiger partial charge is 0.115 e. The van der Waals surface area contributed by atoms with Crippen molar-refractivity contribution in [2.24, 2.45) is 0 Å². The highest BCUT2D eigenvalue weighted by molar-refractivity contribution is 5.84. The third-order valence-electron chi connectivity index (χ3n) is 11.4. The third kappa shape index (κ3) is 7.87. The molecule has 0 saturated carbocycles. The summed E-state index contributed by atoms with van der Waals surface area (Å²) in [5, 5.41) is 0. The van der Waals surface area contributed by atoms with Crippen LogP contribution < -0.4 is 0 Å². The van der Waals surface area contributed by atoms with E-state index < -0.39 is 0 Å². The van der Waals surface area contributed by atoms with Crippen molar-refractivity contribution >= 4 is 5.57 Å². The van der Waals surface area contributed by atoms with Crippen molar-refractivity contribution in [3.8, 4) is 77.9 Å². The molecule has 0 N–H and O–H groups in total. The van der Waals surface area contributed by atoms with Crippen molar-refractivity contribution < 1.29 is 0 Å². The van der Waals surface area contributed by atoms with Gasteiger partial charge in [-0.15, -0.1) is 0 Å². The number of aromatic nitrogens is 4. The first-order valence-corrected chi connectivity index (χ1v) is 20.3. The molecule has 60 heavy (non-hydrogen) atoms. The summed E-state index contributed by atoms with van der Waals surface area (Å²) < 4.78 is 0. The Morgan fingerprint density at radius 2 is 0.783 bits per heavy atom. The Bertz CT molecular complexity index is 3010. The molecule has 0 amide bonds. The van der Waals surface area contributed by atoms with E-state index in [0.29, 0.717) is 0 Å². The predicted molar refractivity (Wildman–Crippen MR) is 247 cm³/mol. The molecule has 4 nitrogen and oxygen atoms in total. The van der Waals surface area contributed by atoms with Gasteiger partial charge in [-0.3, -0.25) is 9.97 Å². The van der Waals surface area contributed by atoms with Gasteiger partial charge < -0.3 is 0 Å². The largest absolute Gasteiger partial charge is 0.265 e. The van der Waals surface area contributed by atoms with E-state index in [9.17, 15) is 0 Å². The summed E-state index contributed by atoms with van der Waals surface area (Å²) in [4.78, 5) is 17.3. The van der Waals surface area contributed by atoms with E-state index in [1.807, 2.05) is 43.2 Å². The van der Waals surface area contributed by atoms with Crippen LogP contribution in [0.25, 0.3) is 83.5 Å². The predicted octanol–water partition coefficient (Wildman–Crippen LogP) is 14.1. The Kier molecular flexibility index (Phi) is 10.1. The Hall–Kier alpha value is -7.82. The van der Waals surface area contributed by atoms with E-state index in [1.54, 1.807) is 6.33 Å². The second-order valence-electron chi connectivity index (χ2n) is 15.2. The van der Waals surface area contributed by atoms with Gasteiger partial charge in [0.15, 0.2) is 0 Å². The van der Waals surface area contributed by atoms with Crippen molar-refractivity contribution in [2.45, 2.75) is 12.3 Å². The topological polar surface area (TPSA) is 51.6 Å². The summed E-state index contributed by atoms with van der Waals surface area (Å²) in [5.74, 6) is 0.236. The number of hydrogen-bond donors (Lipinski definition) is 0. The molecule has 0 radical (unpaired) electrons. The Morgan fingerprint density at radius 1 is 0.333 bits per heavy atom. The van der Waals surface area contributed by atoms with Gasteiger partial charge in [-0.25, -0.2) is 9.97 Å². The summed E-state index contributed by atoms with van der Waals surface area (Å²) in [6, 6.07) is 59.3. The van der Waals surface area contributed by atoms with Crippen LogP contribution in [0.2, 0.25) is 0 Å². The van der Waals surface area contributed by atoms with Crippen LogP contribution in [0, 0.1) is 0 Å². The van der Waals surface area contributed by atoms with Crippen LogP contribution in [-0.4, -0.2) is 19.9 Å². The Morgan fingerprint density at radius 3 is 1.37 bits per heavy atom. The molecule has 1 atom stereocenters. The van der Waals surface area contributed by atoms with E-state index in [4.69, 9.17) is 0 Å². The minimum absolute atomic E-state index is 0.236. The second kappa shape index (κ2) is 16.6. The van der Waals surface area contributed by atoms with Gasteiger partial charge in [-0.2, -0.15) is 0 Å². The summed E-state index contributed by atoms with van der Waals surface area (Å²) in [6.07, 6.45) is 20.5. The van der Waals surface area contributed by atoms with Gasteiger partial charge >= 0.3 is 0 Å². The summed E-state index contributed by atoms with van der Waals surface area (Å²) in [6.45, 7) is 0. The van der Waals surface area contributed by atoms with E-state index in [-0.39, 0.29) is 5.92 Å². The van der Waals surface area contributed by atoms with Gasteiger partial charge in [0.25, 0.3) is 0 Å². The van der Waals surface area contributed by atoms with Crippen LogP contribution in [0.5, 0.6) is 0 Å². The quantitative estimate of drug-likeness (QED) is 0.147. The van der Waals surface area contributed by atoms with Crippen LogP contribution >= 0.6 is 0 Å². The molecule has 0 spiro atoms. The first-order chi connectivity index (χ1) is 29.7. The summed E-state index contributed by atoms with van der Waals surface area (Å²) in [7, 11) is 0. The highest BCUT2D eigenvalue weighted by Gasteiger charge is 2.18. The van der Waals surface area contributed by atoms with Crippen LogP contribution in [0.15, 0.2) is 226 Å². The van der Waals surface area contributed by atoms with Crippen LogP contribution in [0.4, 0.5) is 0 Å². The third-order valence-corrected chi connectivity index (χ3v) is 11.4. The molecule has 6 aromatic carbocycles. The van der Waals surface area contributed by atoms with Crippen molar-refractivity contribution in [2.75, 3.05) is 0 Å². The molecular formula is C56H40N4. The molecule has 0 saturated heterocycles. The van der Waals surface area contributed by atoms with E-state index in [0.717, 1.165) is 45.4 Å². The van der Waals surface area contributed by atoms with E-state index >= 15 is 0 Å². The molecule has 0 aliphatic heterocycles. The summed E-state index contributed by atoms with van der Waals surface area (Å²) in [5.41, 5.74) is 19.9. The number of nitrogens with zero attached hydrogens (tertiary/aromatic N) is 4. The van der Waals surface area contributed by atoms with Crippen molar-refractivity contribution in [1.29, 1.82) is 0 Å². The van der Waals surface area contributed by atoms with Crippen molar-refractivity contribution in [1.82, 2.24) is 19.9 Å². The SMILES string of the molecule is C1=CC(c2cccc(-c3cccc(-c4cccnc4)c3)c2)CC(c2cc(-c3cncnc3)cc(-c3cccc(-c4cccc(-c5cccc(-c6ccncc6)c5)c4)c3)c2)=C1. The Balaban J connectivity index is 0.960. The molecule has 284 valence electrons. The molecule has 1 aliphatic carbocycles. The monoisotopic (exact) mass is 768 g/mol. The van der Waals surface area contributed by atoms with E-state index in [2.05, 4.69) is 196 Å². The molecule has 9 aromatic rings. The van der Waals surface area contributed by atoms with Crippen LogP contribution in [-0.2, 0) is 0 Å². The fraction of sp³-hybridized carbons (Fsp3) is 0.0357. The number of allylic oxidation sites excluding steroid dienone is 4. The van der Waals surface area contributed by atoms with Gasteiger partial charge in [-0.1, -0.05) is 121 Å². The standard InChI is InChI=1S/C56H40N4/c1-8-40(39-21-24-57-25-22-39)26-41(9-1)42-10-2-12-44(27-42)47-15-5-18-50(30-47)53-32-54(34-55(33-53)56-36-59-38-60-37-56)51-19-6-16-48(31-51)45-13-3-11-43(28-45)46-14-4-17-49(29-46)52-20-7-23-58-35-52/h1-30,32-38,48H,31H2. The van der Waals surface area contributed by atoms with Crippen molar-refractivity contribution in [3.05, 3.63) is 237 Å². The fourth-order valence-electron chi connectivity index (χ4n) is 8.26. The molecule has 3 aromatic heterocycles. The molecule has 1 aliphatic rings. The average molecular weight is 769 g/mol. The maximum absolute atomic E-state index is 4.38. The van der Waals surface area contributed by atoms with Gasteiger partial charge in [0.1, 0.15) is 6.33 Å². The maximum atomic E-state index is 4.38.